The predicted molar refractivity (Wildman–Crippen MR) is 58.1 cm³/mol. The van der Waals surface area contributed by atoms with Crippen molar-refractivity contribution in [1.82, 2.24) is 0 Å². The van der Waals surface area contributed by atoms with Gasteiger partial charge in [-0.05, 0) is 25.5 Å². The fourth-order valence-corrected chi connectivity index (χ4v) is 1.25. The molecule has 94 valence electrons. The van der Waals surface area contributed by atoms with Crippen LogP contribution in [0.3, 0.4) is 0 Å². The summed E-state index contributed by atoms with van der Waals surface area (Å²) in [5.41, 5.74) is -0.708. The number of carbonyl (C=O) groups is 1. The Labute approximate surface area is 98.3 Å². The third-order valence-electron chi connectivity index (χ3n) is 2.00. The maximum absolute atomic E-state index is 13.8. The number of hydrogen-bond acceptors (Lipinski definition) is 3. The molecule has 1 aromatic carbocycles. The topological polar surface area (TPSA) is 35.5 Å². The standard InChI is InChI=1S/C12H14F2O3/c1-3-7-17-9-6-5-8(13)10(11(9)14)12(15)16-4-2/h5-6H,3-4,7H2,1-2H3. The zero-order valence-corrected chi connectivity index (χ0v) is 9.76. The largest absolute Gasteiger partial charge is 0.490 e. The molecule has 0 amide bonds. The zero-order valence-electron chi connectivity index (χ0n) is 9.76. The number of rotatable bonds is 5. The molecule has 1 aromatic rings. The van der Waals surface area contributed by atoms with Gasteiger partial charge in [-0.1, -0.05) is 6.92 Å². The van der Waals surface area contributed by atoms with Crippen molar-refractivity contribution >= 4 is 5.97 Å². The fourth-order valence-electron chi connectivity index (χ4n) is 1.25. The first kappa shape index (κ1) is 13.4. The van der Waals surface area contributed by atoms with Crippen LogP contribution in [0.1, 0.15) is 30.6 Å². The Hall–Kier alpha value is -1.65. The lowest BCUT2D eigenvalue weighted by molar-refractivity contribution is 0.0514. The Morgan fingerprint density at radius 2 is 2.00 bits per heavy atom. The van der Waals surface area contributed by atoms with Gasteiger partial charge in [0.2, 0.25) is 0 Å². The predicted octanol–water partition coefficient (Wildman–Crippen LogP) is 2.93. The molecule has 17 heavy (non-hydrogen) atoms. The van der Waals surface area contributed by atoms with Gasteiger partial charge < -0.3 is 9.47 Å². The molecule has 0 aromatic heterocycles. The van der Waals surface area contributed by atoms with E-state index in [2.05, 4.69) is 4.74 Å². The van der Waals surface area contributed by atoms with Crippen LogP contribution >= 0.6 is 0 Å². The van der Waals surface area contributed by atoms with Gasteiger partial charge in [0.1, 0.15) is 11.4 Å². The fraction of sp³-hybridized carbons (Fsp3) is 0.417. The molecule has 0 spiro atoms. The number of esters is 1. The van der Waals surface area contributed by atoms with E-state index in [9.17, 15) is 13.6 Å². The highest BCUT2D eigenvalue weighted by atomic mass is 19.1. The Bertz CT molecular complexity index is 405. The minimum atomic E-state index is -1.02. The van der Waals surface area contributed by atoms with E-state index >= 15 is 0 Å². The van der Waals surface area contributed by atoms with Crippen molar-refractivity contribution in [2.75, 3.05) is 13.2 Å². The Morgan fingerprint density at radius 3 is 2.59 bits per heavy atom. The van der Waals surface area contributed by atoms with Gasteiger partial charge in [-0.2, -0.15) is 0 Å². The Balaban J connectivity index is 3.06. The van der Waals surface area contributed by atoms with Gasteiger partial charge in [0.25, 0.3) is 0 Å². The van der Waals surface area contributed by atoms with Crippen molar-refractivity contribution < 1.29 is 23.0 Å². The second-order valence-corrected chi connectivity index (χ2v) is 3.30. The van der Waals surface area contributed by atoms with Gasteiger partial charge in [-0.25, -0.2) is 13.6 Å². The van der Waals surface area contributed by atoms with Crippen molar-refractivity contribution in [2.24, 2.45) is 0 Å². The SMILES string of the molecule is CCCOc1ccc(F)c(C(=O)OCC)c1F. The highest BCUT2D eigenvalue weighted by molar-refractivity contribution is 5.90. The first-order valence-corrected chi connectivity index (χ1v) is 5.39. The maximum Gasteiger partial charge on any atom is 0.344 e. The summed E-state index contributed by atoms with van der Waals surface area (Å²) in [4.78, 5) is 11.4. The molecule has 0 aliphatic carbocycles. The highest BCUT2D eigenvalue weighted by Crippen LogP contribution is 2.24. The molecule has 0 bridgehead atoms. The van der Waals surface area contributed by atoms with E-state index in [0.717, 1.165) is 12.1 Å². The van der Waals surface area contributed by atoms with Crippen molar-refractivity contribution in [3.63, 3.8) is 0 Å². The first-order valence-electron chi connectivity index (χ1n) is 5.39. The van der Waals surface area contributed by atoms with E-state index < -0.39 is 23.2 Å². The molecular weight excluding hydrogens is 230 g/mol. The van der Waals surface area contributed by atoms with Crippen molar-refractivity contribution in [1.29, 1.82) is 0 Å². The summed E-state index contributed by atoms with van der Waals surface area (Å²) in [5.74, 6) is -3.14. The molecule has 0 fully saturated rings. The Morgan fingerprint density at radius 1 is 1.29 bits per heavy atom. The van der Waals surface area contributed by atoms with Gasteiger partial charge in [-0.15, -0.1) is 0 Å². The van der Waals surface area contributed by atoms with Crippen LogP contribution in [0.25, 0.3) is 0 Å². The summed E-state index contributed by atoms with van der Waals surface area (Å²) in [6, 6.07) is 2.14. The van der Waals surface area contributed by atoms with Crippen LogP contribution in [0.5, 0.6) is 5.75 Å². The summed E-state index contributed by atoms with van der Waals surface area (Å²) in [6.07, 6.45) is 0.686. The second-order valence-electron chi connectivity index (χ2n) is 3.30. The summed E-state index contributed by atoms with van der Waals surface area (Å²) in [5, 5.41) is 0. The molecule has 0 aliphatic rings. The summed E-state index contributed by atoms with van der Waals surface area (Å²) < 4.78 is 36.7. The first-order chi connectivity index (χ1) is 8.11. The molecule has 5 heteroatoms. The van der Waals surface area contributed by atoms with Gasteiger partial charge in [0.15, 0.2) is 11.6 Å². The average Bonchev–Trinajstić information content (AvgIpc) is 2.28. The van der Waals surface area contributed by atoms with Crippen LogP contribution in [-0.4, -0.2) is 19.2 Å². The lowest BCUT2D eigenvalue weighted by Gasteiger charge is -2.09. The van der Waals surface area contributed by atoms with Crippen molar-refractivity contribution in [2.45, 2.75) is 20.3 Å². The molecule has 0 saturated carbocycles. The van der Waals surface area contributed by atoms with E-state index in [1.807, 2.05) is 6.92 Å². The van der Waals surface area contributed by atoms with Crippen LogP contribution < -0.4 is 4.74 Å². The van der Waals surface area contributed by atoms with Crippen LogP contribution in [0.2, 0.25) is 0 Å². The lowest BCUT2D eigenvalue weighted by atomic mass is 10.2. The van der Waals surface area contributed by atoms with Crippen molar-refractivity contribution in [3.8, 4) is 5.75 Å². The molecule has 0 heterocycles. The molecule has 0 radical (unpaired) electrons. The molecule has 0 aliphatic heterocycles. The lowest BCUT2D eigenvalue weighted by Crippen LogP contribution is -2.11. The molecule has 0 saturated heterocycles. The third kappa shape index (κ3) is 3.15. The van der Waals surface area contributed by atoms with Gasteiger partial charge >= 0.3 is 5.97 Å². The molecule has 1 rings (SSSR count). The van der Waals surface area contributed by atoms with Crippen LogP contribution in [0, 0.1) is 11.6 Å². The molecular formula is C12H14F2O3. The molecule has 0 atom stereocenters. The number of halogens is 2. The molecule has 0 N–H and O–H groups in total. The molecule has 0 unspecified atom stereocenters. The molecule has 3 nitrogen and oxygen atoms in total. The number of carbonyl (C=O) groups excluding carboxylic acids is 1. The minimum absolute atomic E-state index is 0.0533. The van der Waals surface area contributed by atoms with E-state index in [0.29, 0.717) is 13.0 Å². The Kier molecular flexibility index (Phi) is 4.87. The quantitative estimate of drug-likeness (QED) is 0.747. The summed E-state index contributed by atoms with van der Waals surface area (Å²) in [7, 11) is 0. The highest BCUT2D eigenvalue weighted by Gasteiger charge is 2.22. The van der Waals surface area contributed by atoms with Crippen molar-refractivity contribution in [3.05, 3.63) is 29.3 Å². The van der Waals surface area contributed by atoms with Gasteiger partial charge in [0.05, 0.1) is 13.2 Å². The maximum atomic E-state index is 13.8. The van der Waals surface area contributed by atoms with E-state index in [1.165, 1.54) is 0 Å². The number of benzene rings is 1. The summed E-state index contributed by atoms with van der Waals surface area (Å²) >= 11 is 0. The van der Waals surface area contributed by atoms with Gasteiger partial charge in [-0.3, -0.25) is 0 Å². The average molecular weight is 244 g/mol. The van der Waals surface area contributed by atoms with Crippen LogP contribution in [-0.2, 0) is 4.74 Å². The number of ether oxygens (including phenoxy) is 2. The van der Waals surface area contributed by atoms with E-state index in [-0.39, 0.29) is 12.4 Å². The minimum Gasteiger partial charge on any atom is -0.490 e. The second kappa shape index (κ2) is 6.18. The normalized spacial score (nSPS) is 10.1. The van der Waals surface area contributed by atoms with E-state index in [4.69, 9.17) is 4.74 Å². The third-order valence-corrected chi connectivity index (χ3v) is 2.00. The number of hydrogen-bond donors (Lipinski definition) is 0. The van der Waals surface area contributed by atoms with Crippen LogP contribution in [0.15, 0.2) is 12.1 Å². The zero-order chi connectivity index (χ0) is 12.8. The summed E-state index contributed by atoms with van der Waals surface area (Å²) in [6.45, 7) is 3.77. The van der Waals surface area contributed by atoms with Gasteiger partial charge in [0, 0.05) is 0 Å². The monoisotopic (exact) mass is 244 g/mol. The van der Waals surface area contributed by atoms with Crippen LogP contribution in [0.4, 0.5) is 8.78 Å². The van der Waals surface area contributed by atoms with E-state index in [1.54, 1.807) is 6.92 Å². The smallest absolute Gasteiger partial charge is 0.344 e.